The van der Waals surface area contributed by atoms with Crippen LogP contribution >= 0.6 is 0 Å². The van der Waals surface area contributed by atoms with Gasteiger partial charge in [0.1, 0.15) is 0 Å². The SMILES string of the molecule is [CH2]CCC#CCCCCCCCCCCCCCCCCCCCCCC[CH2]. The zero-order valence-electron chi connectivity index (χ0n) is 19.4. The Morgan fingerprint density at radius 1 is 0.286 bits per heavy atom. The van der Waals surface area contributed by atoms with Crippen molar-refractivity contribution in [1.29, 1.82) is 0 Å². The van der Waals surface area contributed by atoms with Crippen LogP contribution in [0.3, 0.4) is 0 Å². The first-order valence-corrected chi connectivity index (χ1v) is 13.0. The molecule has 0 heterocycles. The molecule has 0 heteroatoms. The van der Waals surface area contributed by atoms with Crippen molar-refractivity contribution in [2.45, 2.75) is 154 Å². The fourth-order valence-corrected chi connectivity index (χ4v) is 3.84. The first-order chi connectivity index (χ1) is 13.9. The van der Waals surface area contributed by atoms with Crippen LogP contribution in [0.1, 0.15) is 154 Å². The van der Waals surface area contributed by atoms with Crippen molar-refractivity contribution in [1.82, 2.24) is 0 Å². The fraction of sp³-hybridized carbons (Fsp3) is 0.857. The molecule has 0 fully saturated rings. The standard InChI is InChI=1S/C28H52/c1-3-5-7-9-11-13-15-17-19-21-23-25-27-28-26-24-22-20-18-16-14-12-10-8-6-4-2/h1-7,9,11-28H2. The maximum atomic E-state index is 3.91. The summed E-state index contributed by atoms with van der Waals surface area (Å²) in [5.74, 6) is 6.44. The molecule has 0 atom stereocenters. The van der Waals surface area contributed by atoms with Crippen LogP contribution in [0.4, 0.5) is 0 Å². The average Bonchev–Trinajstić information content (AvgIpc) is 2.71. The van der Waals surface area contributed by atoms with Gasteiger partial charge in [-0.3, -0.25) is 0 Å². The molecule has 0 saturated carbocycles. The van der Waals surface area contributed by atoms with Crippen molar-refractivity contribution in [3.63, 3.8) is 0 Å². The van der Waals surface area contributed by atoms with E-state index < -0.39 is 0 Å². The molecule has 0 nitrogen and oxygen atoms in total. The minimum absolute atomic E-state index is 0.949. The molecular weight excluding hydrogens is 336 g/mol. The topological polar surface area (TPSA) is 0 Å². The summed E-state index contributed by atoms with van der Waals surface area (Å²) >= 11 is 0. The van der Waals surface area contributed by atoms with E-state index in [4.69, 9.17) is 0 Å². The van der Waals surface area contributed by atoms with Gasteiger partial charge in [-0.15, -0.1) is 11.8 Å². The van der Waals surface area contributed by atoms with Gasteiger partial charge >= 0.3 is 0 Å². The summed E-state index contributed by atoms with van der Waals surface area (Å²) in [5, 5.41) is 0. The minimum atomic E-state index is 0.949. The Morgan fingerprint density at radius 3 is 0.893 bits per heavy atom. The number of hydrogen-bond acceptors (Lipinski definition) is 0. The van der Waals surface area contributed by atoms with Crippen LogP contribution in [0.25, 0.3) is 0 Å². The highest BCUT2D eigenvalue weighted by molar-refractivity contribution is 4.98. The molecule has 0 spiro atoms. The number of hydrogen-bond donors (Lipinski definition) is 0. The molecule has 0 N–H and O–H groups in total. The van der Waals surface area contributed by atoms with Gasteiger partial charge in [0.05, 0.1) is 0 Å². The fourth-order valence-electron chi connectivity index (χ4n) is 3.84. The van der Waals surface area contributed by atoms with Crippen LogP contribution < -0.4 is 0 Å². The monoisotopic (exact) mass is 388 g/mol. The summed E-state index contributed by atoms with van der Waals surface area (Å²) in [4.78, 5) is 0. The zero-order chi connectivity index (χ0) is 20.4. The average molecular weight is 389 g/mol. The highest BCUT2D eigenvalue weighted by atomic mass is 14.0. The molecule has 0 aromatic rings. The van der Waals surface area contributed by atoms with E-state index in [9.17, 15) is 0 Å². The molecule has 0 aromatic carbocycles. The van der Waals surface area contributed by atoms with Crippen LogP contribution in [0.2, 0.25) is 0 Å². The summed E-state index contributed by atoms with van der Waals surface area (Å²) in [6.07, 6.45) is 32.8. The molecule has 0 aliphatic heterocycles. The number of unbranched alkanes of at least 4 members (excludes halogenated alkanes) is 22. The Kier molecular flexibility index (Phi) is 26.1. The molecule has 2 radical (unpaired) electrons. The molecule has 164 valence electrons. The molecule has 0 saturated heterocycles. The summed E-state index contributed by atoms with van der Waals surface area (Å²) in [5.41, 5.74) is 0. The minimum Gasteiger partial charge on any atom is -0.103 e. The summed E-state index contributed by atoms with van der Waals surface area (Å²) in [6.45, 7) is 7.72. The van der Waals surface area contributed by atoms with Crippen LogP contribution in [0, 0.1) is 25.7 Å². The Hall–Kier alpha value is -0.440. The van der Waals surface area contributed by atoms with Gasteiger partial charge in [0.15, 0.2) is 0 Å². The molecule has 0 aromatic heterocycles. The van der Waals surface area contributed by atoms with Crippen molar-refractivity contribution < 1.29 is 0 Å². The highest BCUT2D eigenvalue weighted by Gasteiger charge is 1.95. The molecule has 0 unspecified atom stereocenters. The lowest BCUT2D eigenvalue weighted by Gasteiger charge is -2.04. The summed E-state index contributed by atoms with van der Waals surface area (Å²) in [6, 6.07) is 0. The van der Waals surface area contributed by atoms with Gasteiger partial charge in [0, 0.05) is 12.8 Å². The molecule has 0 aliphatic rings. The normalized spacial score (nSPS) is 10.8. The Morgan fingerprint density at radius 2 is 0.571 bits per heavy atom. The van der Waals surface area contributed by atoms with Gasteiger partial charge in [-0.25, -0.2) is 0 Å². The van der Waals surface area contributed by atoms with Gasteiger partial charge in [0.25, 0.3) is 0 Å². The molecular formula is C28H52. The van der Waals surface area contributed by atoms with Gasteiger partial charge in [0.2, 0.25) is 0 Å². The molecule has 28 heavy (non-hydrogen) atoms. The van der Waals surface area contributed by atoms with E-state index in [0.717, 1.165) is 25.7 Å². The van der Waals surface area contributed by atoms with Crippen molar-refractivity contribution >= 4 is 0 Å². The van der Waals surface area contributed by atoms with Crippen molar-refractivity contribution in [2.75, 3.05) is 0 Å². The third kappa shape index (κ3) is 25.6. The van der Waals surface area contributed by atoms with E-state index in [1.54, 1.807) is 0 Å². The highest BCUT2D eigenvalue weighted by Crippen LogP contribution is 2.15. The molecule has 0 bridgehead atoms. The maximum Gasteiger partial charge on any atom is 0.00886 e. The number of rotatable bonds is 22. The first-order valence-electron chi connectivity index (χ1n) is 13.0. The van der Waals surface area contributed by atoms with E-state index in [-0.39, 0.29) is 0 Å². The van der Waals surface area contributed by atoms with E-state index in [1.807, 2.05) is 0 Å². The van der Waals surface area contributed by atoms with Gasteiger partial charge in [-0.05, 0) is 12.8 Å². The molecule has 0 rings (SSSR count). The van der Waals surface area contributed by atoms with Crippen LogP contribution in [-0.4, -0.2) is 0 Å². The quantitative estimate of drug-likeness (QED) is 0.128. The third-order valence-corrected chi connectivity index (χ3v) is 5.73. The lowest BCUT2D eigenvalue weighted by atomic mass is 10.0. The maximum absolute atomic E-state index is 3.91. The van der Waals surface area contributed by atoms with Crippen LogP contribution in [0.15, 0.2) is 0 Å². The zero-order valence-corrected chi connectivity index (χ0v) is 19.4. The summed E-state index contributed by atoms with van der Waals surface area (Å²) in [7, 11) is 0. The Labute approximate surface area is 180 Å². The predicted octanol–water partition coefficient (Wildman–Crippen LogP) is 10.0. The Balaban J connectivity index is 3.01. The summed E-state index contributed by atoms with van der Waals surface area (Å²) < 4.78 is 0. The second-order valence-electron chi connectivity index (χ2n) is 8.63. The van der Waals surface area contributed by atoms with Crippen molar-refractivity contribution in [3.8, 4) is 11.8 Å². The van der Waals surface area contributed by atoms with E-state index in [2.05, 4.69) is 25.7 Å². The van der Waals surface area contributed by atoms with Crippen LogP contribution in [-0.2, 0) is 0 Å². The van der Waals surface area contributed by atoms with E-state index >= 15 is 0 Å². The first kappa shape index (κ1) is 27.6. The lowest BCUT2D eigenvalue weighted by Crippen LogP contribution is -1.84. The second-order valence-corrected chi connectivity index (χ2v) is 8.63. The van der Waals surface area contributed by atoms with Crippen LogP contribution in [0.5, 0.6) is 0 Å². The van der Waals surface area contributed by atoms with Gasteiger partial charge < -0.3 is 0 Å². The van der Waals surface area contributed by atoms with Gasteiger partial charge in [-0.1, -0.05) is 142 Å². The second kappa shape index (κ2) is 26.6. The largest absolute Gasteiger partial charge is 0.103 e. The van der Waals surface area contributed by atoms with E-state index in [0.29, 0.717) is 0 Å². The Bertz CT molecular complexity index is 319. The predicted molar refractivity (Wildman–Crippen MR) is 129 cm³/mol. The molecule has 0 aliphatic carbocycles. The van der Waals surface area contributed by atoms with Crippen molar-refractivity contribution in [3.05, 3.63) is 13.8 Å². The lowest BCUT2D eigenvalue weighted by molar-refractivity contribution is 0.521. The van der Waals surface area contributed by atoms with Gasteiger partial charge in [-0.2, -0.15) is 0 Å². The molecule has 0 amide bonds. The third-order valence-electron chi connectivity index (χ3n) is 5.73. The van der Waals surface area contributed by atoms with E-state index in [1.165, 1.54) is 128 Å². The smallest absolute Gasteiger partial charge is 0.00886 e. The van der Waals surface area contributed by atoms with Crippen molar-refractivity contribution in [2.24, 2.45) is 0 Å².